The highest BCUT2D eigenvalue weighted by Gasteiger charge is 2.31. The van der Waals surface area contributed by atoms with Gasteiger partial charge in [-0.1, -0.05) is 5.16 Å². The molecule has 3 rings (SSSR count). The lowest BCUT2D eigenvalue weighted by Gasteiger charge is -2.31. The average molecular weight is 291 g/mol. The second kappa shape index (κ2) is 5.28. The van der Waals surface area contributed by atoms with E-state index in [0.717, 1.165) is 5.82 Å². The van der Waals surface area contributed by atoms with Crippen molar-refractivity contribution in [1.29, 1.82) is 0 Å². The zero-order valence-corrected chi connectivity index (χ0v) is 12.2. The first-order valence-corrected chi connectivity index (χ1v) is 6.79. The number of rotatable bonds is 2. The van der Waals surface area contributed by atoms with Crippen LogP contribution in [0.5, 0.6) is 0 Å². The Hall–Kier alpha value is -2.22. The molecule has 0 aliphatic carbocycles. The van der Waals surface area contributed by atoms with Crippen LogP contribution in [0, 0.1) is 20.8 Å². The van der Waals surface area contributed by atoms with Crippen molar-refractivity contribution in [2.24, 2.45) is 0 Å². The number of aromatic nitrogens is 4. The predicted octanol–water partition coefficient (Wildman–Crippen LogP) is 0.932. The Morgan fingerprint density at radius 3 is 2.81 bits per heavy atom. The maximum atomic E-state index is 12.6. The zero-order chi connectivity index (χ0) is 15.0. The Morgan fingerprint density at radius 2 is 2.19 bits per heavy atom. The first-order chi connectivity index (χ1) is 10.1. The third-order valence-corrected chi connectivity index (χ3v) is 3.50. The van der Waals surface area contributed by atoms with Crippen molar-refractivity contribution in [3.8, 4) is 0 Å². The van der Waals surface area contributed by atoms with E-state index in [0.29, 0.717) is 42.5 Å². The van der Waals surface area contributed by atoms with Crippen LogP contribution in [0.1, 0.15) is 39.6 Å². The number of carbonyl (C=O) groups is 1. The van der Waals surface area contributed by atoms with Gasteiger partial charge in [-0.05, 0) is 20.8 Å². The molecule has 2 aromatic rings. The number of morpholine rings is 1. The first kappa shape index (κ1) is 13.7. The second-order valence-electron chi connectivity index (χ2n) is 5.09. The molecule has 0 saturated carbocycles. The summed E-state index contributed by atoms with van der Waals surface area (Å²) in [6.07, 6.45) is -0.312. The predicted molar refractivity (Wildman–Crippen MR) is 71.7 cm³/mol. The Bertz CT molecular complexity index is 643. The summed E-state index contributed by atoms with van der Waals surface area (Å²) in [6.45, 7) is 6.73. The van der Waals surface area contributed by atoms with E-state index in [1.54, 1.807) is 18.7 Å². The second-order valence-corrected chi connectivity index (χ2v) is 5.09. The number of hydrogen-bond donors (Lipinski definition) is 1. The van der Waals surface area contributed by atoms with Crippen LogP contribution in [0.3, 0.4) is 0 Å². The van der Waals surface area contributed by atoms with Gasteiger partial charge in [0, 0.05) is 6.54 Å². The topological polar surface area (TPSA) is 97.1 Å². The molecule has 1 aliphatic rings. The highest BCUT2D eigenvalue weighted by molar-refractivity contribution is 5.96. The van der Waals surface area contributed by atoms with Gasteiger partial charge in [-0.25, -0.2) is 4.98 Å². The van der Waals surface area contributed by atoms with Crippen LogP contribution in [0.25, 0.3) is 0 Å². The van der Waals surface area contributed by atoms with Crippen molar-refractivity contribution in [1.82, 2.24) is 25.2 Å². The maximum absolute atomic E-state index is 12.6. The number of ether oxygens (including phenoxy) is 1. The number of nitrogens with one attached hydrogen (secondary N) is 1. The van der Waals surface area contributed by atoms with Crippen LogP contribution < -0.4 is 0 Å². The summed E-state index contributed by atoms with van der Waals surface area (Å²) < 4.78 is 10.7. The highest BCUT2D eigenvalue weighted by Crippen LogP contribution is 2.22. The molecule has 1 saturated heterocycles. The van der Waals surface area contributed by atoms with E-state index in [-0.39, 0.29) is 12.0 Å². The van der Waals surface area contributed by atoms with Crippen molar-refractivity contribution in [3.05, 3.63) is 28.7 Å². The average Bonchev–Trinajstić information content (AvgIpc) is 3.05. The molecule has 8 nitrogen and oxygen atoms in total. The SMILES string of the molecule is Cc1nc([C@H]2CN(C(=O)c3c(C)noc3C)CCO2)n[nH]1. The van der Waals surface area contributed by atoms with E-state index in [9.17, 15) is 4.79 Å². The van der Waals surface area contributed by atoms with Crippen molar-refractivity contribution in [2.45, 2.75) is 26.9 Å². The fraction of sp³-hybridized carbons (Fsp3) is 0.538. The van der Waals surface area contributed by atoms with Crippen LogP contribution in [-0.4, -0.2) is 50.8 Å². The first-order valence-electron chi connectivity index (χ1n) is 6.79. The number of hydrogen-bond acceptors (Lipinski definition) is 6. The third kappa shape index (κ3) is 2.54. The van der Waals surface area contributed by atoms with E-state index >= 15 is 0 Å². The van der Waals surface area contributed by atoms with Crippen LogP contribution in [0.15, 0.2) is 4.52 Å². The molecular formula is C13H17N5O3. The van der Waals surface area contributed by atoms with Gasteiger partial charge in [0.1, 0.15) is 23.3 Å². The molecule has 0 spiro atoms. The fourth-order valence-corrected chi connectivity index (χ4v) is 2.44. The zero-order valence-electron chi connectivity index (χ0n) is 12.2. The van der Waals surface area contributed by atoms with Crippen LogP contribution in [-0.2, 0) is 4.74 Å². The summed E-state index contributed by atoms with van der Waals surface area (Å²) >= 11 is 0. The lowest BCUT2D eigenvalue weighted by atomic mass is 10.1. The number of aromatic amines is 1. The molecule has 1 fully saturated rings. The van der Waals surface area contributed by atoms with Gasteiger partial charge in [-0.15, -0.1) is 0 Å². The third-order valence-electron chi connectivity index (χ3n) is 3.50. The minimum Gasteiger partial charge on any atom is -0.366 e. The summed E-state index contributed by atoms with van der Waals surface area (Å²) in [5, 5.41) is 10.7. The van der Waals surface area contributed by atoms with Gasteiger partial charge in [0.15, 0.2) is 5.82 Å². The van der Waals surface area contributed by atoms with E-state index in [4.69, 9.17) is 9.26 Å². The Kier molecular flexibility index (Phi) is 3.46. The molecule has 1 aliphatic heterocycles. The van der Waals surface area contributed by atoms with Gasteiger partial charge in [0.25, 0.3) is 5.91 Å². The van der Waals surface area contributed by atoms with E-state index in [1.807, 2.05) is 6.92 Å². The normalized spacial score (nSPS) is 19.0. The van der Waals surface area contributed by atoms with Crippen LogP contribution in [0.4, 0.5) is 0 Å². The minimum atomic E-state index is -0.312. The van der Waals surface area contributed by atoms with Gasteiger partial charge in [-0.2, -0.15) is 5.10 Å². The number of carbonyl (C=O) groups excluding carboxylic acids is 1. The Balaban J connectivity index is 1.78. The van der Waals surface area contributed by atoms with Gasteiger partial charge in [-0.3, -0.25) is 9.89 Å². The molecular weight excluding hydrogens is 274 g/mol. The molecule has 0 bridgehead atoms. The largest absolute Gasteiger partial charge is 0.366 e. The molecule has 2 aromatic heterocycles. The van der Waals surface area contributed by atoms with Crippen molar-refractivity contribution in [2.75, 3.05) is 19.7 Å². The molecule has 0 unspecified atom stereocenters. The molecule has 0 radical (unpaired) electrons. The minimum absolute atomic E-state index is 0.0909. The highest BCUT2D eigenvalue weighted by atomic mass is 16.5. The summed E-state index contributed by atoms with van der Waals surface area (Å²) in [7, 11) is 0. The van der Waals surface area contributed by atoms with E-state index in [2.05, 4.69) is 20.3 Å². The summed E-state index contributed by atoms with van der Waals surface area (Å²) in [5.41, 5.74) is 1.14. The van der Waals surface area contributed by atoms with Gasteiger partial charge >= 0.3 is 0 Å². The van der Waals surface area contributed by atoms with Crippen molar-refractivity contribution < 1.29 is 14.1 Å². The van der Waals surface area contributed by atoms with E-state index in [1.165, 1.54) is 0 Å². The van der Waals surface area contributed by atoms with E-state index < -0.39 is 0 Å². The molecule has 112 valence electrons. The number of amides is 1. The Morgan fingerprint density at radius 1 is 1.38 bits per heavy atom. The molecule has 21 heavy (non-hydrogen) atoms. The van der Waals surface area contributed by atoms with Crippen molar-refractivity contribution in [3.63, 3.8) is 0 Å². The Labute approximate surface area is 121 Å². The lowest BCUT2D eigenvalue weighted by Crippen LogP contribution is -2.42. The standard InChI is InChI=1S/C13H17N5O3/c1-7-11(8(2)21-17-7)13(19)18-4-5-20-10(6-18)12-14-9(3)15-16-12/h10H,4-6H2,1-3H3,(H,14,15,16)/t10-/m1/s1. The van der Waals surface area contributed by atoms with Gasteiger partial charge < -0.3 is 14.2 Å². The van der Waals surface area contributed by atoms with Gasteiger partial charge in [0.2, 0.25) is 0 Å². The molecule has 1 N–H and O–H groups in total. The van der Waals surface area contributed by atoms with Crippen LogP contribution >= 0.6 is 0 Å². The quantitative estimate of drug-likeness (QED) is 0.884. The summed E-state index contributed by atoms with van der Waals surface area (Å²) in [5.74, 6) is 1.74. The monoisotopic (exact) mass is 291 g/mol. The molecule has 1 amide bonds. The van der Waals surface area contributed by atoms with Crippen LogP contribution in [0.2, 0.25) is 0 Å². The molecule has 1 atom stereocenters. The number of aryl methyl sites for hydroxylation is 3. The van der Waals surface area contributed by atoms with Gasteiger partial charge in [0.05, 0.1) is 18.8 Å². The lowest BCUT2D eigenvalue weighted by molar-refractivity contribution is -0.0267. The number of nitrogens with zero attached hydrogens (tertiary/aromatic N) is 4. The van der Waals surface area contributed by atoms with Crippen molar-refractivity contribution >= 4 is 5.91 Å². The smallest absolute Gasteiger partial charge is 0.259 e. The molecule has 0 aromatic carbocycles. The summed E-state index contributed by atoms with van der Waals surface area (Å²) in [4.78, 5) is 18.6. The molecule has 3 heterocycles. The number of H-pyrrole nitrogens is 1. The summed E-state index contributed by atoms with van der Waals surface area (Å²) in [6, 6.07) is 0. The molecule has 8 heteroatoms. The fourth-order valence-electron chi connectivity index (χ4n) is 2.44. The maximum Gasteiger partial charge on any atom is 0.259 e.